The molecule has 0 radical (unpaired) electrons. The molecule has 0 aliphatic rings. The van der Waals surface area contributed by atoms with Gasteiger partial charge in [0, 0.05) is 60.6 Å². The molecule has 0 amide bonds. The summed E-state index contributed by atoms with van der Waals surface area (Å²) in [4.78, 5) is 2.36. The largest absolute Gasteiger partial charge is 0.456 e. The van der Waals surface area contributed by atoms with Crippen molar-refractivity contribution >= 4 is 82.7 Å². The van der Waals surface area contributed by atoms with Crippen molar-refractivity contribution in [2.45, 2.75) is 0 Å². The van der Waals surface area contributed by atoms with Gasteiger partial charge in [-0.15, -0.1) is 0 Å². The van der Waals surface area contributed by atoms with Crippen molar-refractivity contribution in [3.8, 4) is 27.9 Å². The summed E-state index contributed by atoms with van der Waals surface area (Å²) in [5, 5.41) is 6.96. The minimum absolute atomic E-state index is 0.899. The number of benzene rings is 9. The van der Waals surface area contributed by atoms with Gasteiger partial charge in [-0.3, -0.25) is 0 Å². The molecular weight excluding hydrogens is 709 g/mol. The van der Waals surface area contributed by atoms with Crippen LogP contribution in [0.2, 0.25) is 0 Å². The van der Waals surface area contributed by atoms with Gasteiger partial charge in [-0.05, 0) is 95.6 Å². The first-order valence-electron chi connectivity index (χ1n) is 19.7. The number of rotatable bonds is 6. The molecule has 0 bridgehead atoms. The predicted octanol–water partition coefficient (Wildman–Crippen LogP) is 15.4. The number of hydrogen-bond acceptors (Lipinski definition) is 3. The van der Waals surface area contributed by atoms with Crippen LogP contribution in [0.25, 0.3) is 93.6 Å². The normalized spacial score (nSPS) is 11.8. The molecule has 3 aromatic heterocycles. The quantitative estimate of drug-likeness (QED) is 0.170. The smallest absolute Gasteiger partial charge is 0.143 e. The number of anilines is 3. The van der Waals surface area contributed by atoms with E-state index in [9.17, 15) is 0 Å². The van der Waals surface area contributed by atoms with Gasteiger partial charge in [0.2, 0.25) is 0 Å². The topological polar surface area (TPSA) is 34.5 Å². The molecule has 9 aromatic carbocycles. The zero-order chi connectivity index (χ0) is 38.2. The van der Waals surface area contributed by atoms with Crippen LogP contribution < -0.4 is 4.90 Å². The van der Waals surface area contributed by atoms with Crippen molar-refractivity contribution in [2.24, 2.45) is 0 Å². The Labute approximate surface area is 334 Å². The summed E-state index contributed by atoms with van der Waals surface area (Å²) in [5.41, 5.74) is 14.7. The summed E-state index contributed by atoms with van der Waals surface area (Å²) in [7, 11) is 0. The first kappa shape index (κ1) is 32.4. The van der Waals surface area contributed by atoms with E-state index in [1.54, 1.807) is 0 Å². The Morgan fingerprint density at radius 3 is 1.67 bits per heavy atom. The lowest BCUT2D eigenvalue weighted by Gasteiger charge is -2.26. The number of furan rings is 2. The van der Waals surface area contributed by atoms with Gasteiger partial charge in [-0.25, -0.2) is 0 Å². The van der Waals surface area contributed by atoms with Crippen molar-refractivity contribution in [1.29, 1.82) is 0 Å². The Bertz CT molecular complexity index is 3500. The zero-order valence-corrected chi connectivity index (χ0v) is 31.3. The summed E-state index contributed by atoms with van der Waals surface area (Å²) in [5.74, 6) is 0. The Morgan fingerprint density at radius 2 is 0.897 bits per heavy atom. The number of hydrogen-bond donors (Lipinski definition) is 0. The monoisotopic (exact) mass is 742 g/mol. The number of aromatic nitrogens is 1. The van der Waals surface area contributed by atoms with Gasteiger partial charge < -0.3 is 18.3 Å². The molecule has 0 saturated heterocycles. The van der Waals surface area contributed by atoms with Gasteiger partial charge in [0.15, 0.2) is 0 Å². The molecule has 12 aromatic rings. The molecule has 0 aliphatic carbocycles. The molecule has 272 valence electrons. The second-order valence-electron chi connectivity index (χ2n) is 14.9. The second kappa shape index (κ2) is 12.9. The van der Waals surface area contributed by atoms with E-state index in [1.807, 2.05) is 24.3 Å². The van der Waals surface area contributed by atoms with Crippen LogP contribution in [-0.2, 0) is 0 Å². The molecule has 4 heteroatoms. The molecule has 12 rings (SSSR count). The number of para-hydroxylation sites is 5. The van der Waals surface area contributed by atoms with Crippen LogP contribution in [0.4, 0.5) is 17.1 Å². The molecule has 0 N–H and O–H groups in total. The fraction of sp³-hybridized carbons (Fsp3) is 0. The standard InChI is InChI=1S/C54H34N2O2/c1-2-11-38(12-3-1)56-49-18-7-4-13-43(49)44-31-30-41(34-50(44)56)55(39-26-21-35(22-27-39)37-25-32-53-48(33-37)46-15-6-8-19-51(46)57-53)40-28-23-36(24-29-40)42-16-10-17-47-45-14-5-9-20-52(45)58-54(42)47/h1-34H. The van der Waals surface area contributed by atoms with Crippen LogP contribution in [0.5, 0.6) is 0 Å². The van der Waals surface area contributed by atoms with Gasteiger partial charge in [0.05, 0.1) is 11.0 Å². The van der Waals surface area contributed by atoms with Crippen molar-refractivity contribution in [3.63, 3.8) is 0 Å². The third-order valence-corrected chi connectivity index (χ3v) is 11.6. The van der Waals surface area contributed by atoms with Gasteiger partial charge in [0.25, 0.3) is 0 Å². The van der Waals surface area contributed by atoms with E-state index in [1.165, 1.54) is 16.3 Å². The van der Waals surface area contributed by atoms with Crippen molar-refractivity contribution in [3.05, 3.63) is 206 Å². The molecule has 3 heterocycles. The van der Waals surface area contributed by atoms with E-state index in [4.69, 9.17) is 8.83 Å². The van der Waals surface area contributed by atoms with Gasteiger partial charge >= 0.3 is 0 Å². The molecule has 4 nitrogen and oxygen atoms in total. The summed E-state index contributed by atoms with van der Waals surface area (Å²) in [6.45, 7) is 0. The predicted molar refractivity (Wildman–Crippen MR) is 241 cm³/mol. The lowest BCUT2D eigenvalue weighted by molar-refractivity contribution is 0.669. The highest BCUT2D eigenvalue weighted by atomic mass is 16.3. The van der Waals surface area contributed by atoms with E-state index in [0.717, 1.165) is 94.4 Å². The van der Waals surface area contributed by atoms with Crippen LogP contribution >= 0.6 is 0 Å². The highest BCUT2D eigenvalue weighted by Gasteiger charge is 2.19. The van der Waals surface area contributed by atoms with Crippen molar-refractivity contribution < 1.29 is 8.83 Å². The number of nitrogens with zero attached hydrogens (tertiary/aromatic N) is 2. The third-order valence-electron chi connectivity index (χ3n) is 11.6. The molecular formula is C54H34N2O2. The molecule has 0 saturated carbocycles. The lowest BCUT2D eigenvalue weighted by Crippen LogP contribution is -2.10. The number of fused-ring (bicyclic) bond motifs is 9. The van der Waals surface area contributed by atoms with Crippen LogP contribution in [-0.4, -0.2) is 4.57 Å². The maximum atomic E-state index is 6.44. The SMILES string of the molecule is c1ccc(-n2c3ccccc3c3ccc(N(c4ccc(-c5ccc6oc7ccccc7c6c5)cc4)c4ccc(-c5cccc6c5oc5ccccc56)cc4)cc32)cc1. The minimum atomic E-state index is 0.899. The molecule has 0 spiro atoms. The maximum Gasteiger partial charge on any atom is 0.143 e. The summed E-state index contributed by atoms with van der Waals surface area (Å²) in [6, 6.07) is 73.3. The first-order valence-corrected chi connectivity index (χ1v) is 19.7. The van der Waals surface area contributed by atoms with Gasteiger partial charge in [-0.1, -0.05) is 127 Å². The fourth-order valence-electron chi connectivity index (χ4n) is 8.87. The van der Waals surface area contributed by atoms with E-state index in [-0.39, 0.29) is 0 Å². The van der Waals surface area contributed by atoms with E-state index >= 15 is 0 Å². The molecule has 0 aliphatic heterocycles. The molecule has 0 fully saturated rings. The van der Waals surface area contributed by atoms with Gasteiger partial charge in [0.1, 0.15) is 22.3 Å². The summed E-state index contributed by atoms with van der Waals surface area (Å²) in [6.07, 6.45) is 0. The lowest BCUT2D eigenvalue weighted by atomic mass is 10.0. The second-order valence-corrected chi connectivity index (χ2v) is 14.9. The Balaban J connectivity index is 1.01. The third kappa shape index (κ3) is 5.09. The Morgan fingerprint density at radius 1 is 0.328 bits per heavy atom. The van der Waals surface area contributed by atoms with E-state index < -0.39 is 0 Å². The van der Waals surface area contributed by atoms with Crippen LogP contribution in [0.3, 0.4) is 0 Å². The van der Waals surface area contributed by atoms with Crippen LogP contribution in [0.1, 0.15) is 0 Å². The van der Waals surface area contributed by atoms with E-state index in [0.29, 0.717) is 0 Å². The highest BCUT2D eigenvalue weighted by molar-refractivity contribution is 6.11. The highest BCUT2D eigenvalue weighted by Crippen LogP contribution is 2.42. The summed E-state index contributed by atoms with van der Waals surface area (Å²) < 4.78 is 15.0. The Hall–Kier alpha value is -7.82. The Kier molecular flexibility index (Phi) is 7.20. The maximum absolute atomic E-state index is 6.44. The van der Waals surface area contributed by atoms with E-state index in [2.05, 4.69) is 191 Å². The minimum Gasteiger partial charge on any atom is -0.456 e. The molecule has 58 heavy (non-hydrogen) atoms. The summed E-state index contributed by atoms with van der Waals surface area (Å²) >= 11 is 0. The molecule has 0 unspecified atom stereocenters. The zero-order valence-electron chi connectivity index (χ0n) is 31.3. The average molecular weight is 743 g/mol. The fourth-order valence-corrected chi connectivity index (χ4v) is 8.87. The first-order chi connectivity index (χ1) is 28.7. The van der Waals surface area contributed by atoms with Crippen molar-refractivity contribution in [2.75, 3.05) is 4.90 Å². The van der Waals surface area contributed by atoms with Gasteiger partial charge in [-0.2, -0.15) is 0 Å². The van der Waals surface area contributed by atoms with Crippen molar-refractivity contribution in [1.82, 2.24) is 4.57 Å². The average Bonchev–Trinajstić information content (AvgIpc) is 3.96. The van der Waals surface area contributed by atoms with Crippen LogP contribution in [0.15, 0.2) is 215 Å². The molecule has 0 atom stereocenters. The van der Waals surface area contributed by atoms with Crippen LogP contribution in [0, 0.1) is 0 Å².